The maximum atomic E-state index is 12.0. The third kappa shape index (κ3) is 3.69. The van der Waals surface area contributed by atoms with Crippen LogP contribution >= 0.6 is 0 Å². The van der Waals surface area contributed by atoms with Crippen molar-refractivity contribution in [2.45, 2.75) is 19.4 Å². The SMILES string of the molecule is CCNC(=O)Nc1cccc(-n2nnnc2[C@H]2c3c(cc4c(c3OC)OCO4)CCN2C)c1. The highest BCUT2D eigenvalue weighted by molar-refractivity contribution is 5.89. The van der Waals surface area contributed by atoms with Crippen LogP contribution in [0.15, 0.2) is 30.3 Å². The highest BCUT2D eigenvalue weighted by Gasteiger charge is 2.37. The number of amides is 2. The Bertz CT molecular complexity index is 1200. The number of benzene rings is 2. The van der Waals surface area contributed by atoms with Gasteiger partial charge in [0, 0.05) is 24.3 Å². The summed E-state index contributed by atoms with van der Waals surface area (Å²) in [5.74, 6) is 2.56. The van der Waals surface area contributed by atoms with Gasteiger partial charge in [0.05, 0.1) is 12.8 Å². The quantitative estimate of drug-likeness (QED) is 0.606. The minimum absolute atomic E-state index is 0.165. The highest BCUT2D eigenvalue weighted by atomic mass is 16.7. The second kappa shape index (κ2) is 8.58. The van der Waals surface area contributed by atoms with Crippen LogP contribution < -0.4 is 24.8 Å². The minimum atomic E-state index is -0.270. The summed E-state index contributed by atoms with van der Waals surface area (Å²) in [6, 6.07) is 8.86. The van der Waals surface area contributed by atoms with E-state index in [2.05, 4.69) is 31.1 Å². The molecule has 11 nitrogen and oxygen atoms in total. The Hall–Kier alpha value is -3.86. The molecule has 3 aromatic rings. The average Bonchev–Trinajstić information content (AvgIpc) is 3.47. The Morgan fingerprint density at radius 3 is 3.00 bits per heavy atom. The van der Waals surface area contributed by atoms with E-state index in [1.165, 1.54) is 0 Å². The zero-order valence-electron chi connectivity index (χ0n) is 18.7. The largest absolute Gasteiger partial charge is 0.492 e. The van der Waals surface area contributed by atoms with Crippen molar-refractivity contribution in [3.8, 4) is 22.9 Å². The Labute approximate surface area is 190 Å². The number of hydrogen-bond acceptors (Lipinski definition) is 8. The van der Waals surface area contributed by atoms with Crippen LogP contribution in [0.3, 0.4) is 0 Å². The number of carbonyl (C=O) groups excluding carboxylic acids is 1. The molecular formula is C22H25N7O4. The number of ether oxygens (including phenoxy) is 3. The summed E-state index contributed by atoms with van der Waals surface area (Å²) in [7, 11) is 3.66. The van der Waals surface area contributed by atoms with Crippen molar-refractivity contribution in [2.75, 3.05) is 39.4 Å². The van der Waals surface area contributed by atoms with Crippen LogP contribution in [-0.4, -0.2) is 65.2 Å². The number of hydrogen-bond donors (Lipinski definition) is 2. The van der Waals surface area contributed by atoms with Gasteiger partial charge in [-0.15, -0.1) is 5.10 Å². The summed E-state index contributed by atoms with van der Waals surface area (Å²) in [5, 5.41) is 18.2. The average molecular weight is 451 g/mol. The lowest BCUT2D eigenvalue weighted by atomic mass is 9.90. The maximum Gasteiger partial charge on any atom is 0.319 e. The van der Waals surface area contributed by atoms with Crippen LogP contribution in [0.1, 0.15) is 29.9 Å². The van der Waals surface area contributed by atoms with Gasteiger partial charge in [-0.25, -0.2) is 4.79 Å². The molecule has 2 N–H and O–H groups in total. The molecule has 0 saturated carbocycles. The fourth-order valence-corrected chi connectivity index (χ4v) is 4.36. The molecule has 172 valence electrons. The number of aromatic nitrogens is 4. The number of carbonyl (C=O) groups is 1. The summed E-state index contributed by atoms with van der Waals surface area (Å²) < 4.78 is 18.8. The van der Waals surface area contributed by atoms with E-state index < -0.39 is 0 Å². The van der Waals surface area contributed by atoms with Crippen molar-refractivity contribution in [2.24, 2.45) is 0 Å². The molecular weight excluding hydrogens is 426 g/mol. The van der Waals surface area contributed by atoms with Gasteiger partial charge in [-0.3, -0.25) is 4.90 Å². The van der Waals surface area contributed by atoms with Gasteiger partial charge in [0.2, 0.25) is 12.5 Å². The summed E-state index contributed by atoms with van der Waals surface area (Å²) in [5.41, 5.74) is 3.44. The van der Waals surface area contributed by atoms with Gasteiger partial charge < -0.3 is 24.8 Å². The van der Waals surface area contributed by atoms with E-state index in [1.807, 2.05) is 44.3 Å². The molecule has 1 aromatic heterocycles. The van der Waals surface area contributed by atoms with Crippen LogP contribution in [0.2, 0.25) is 0 Å². The molecule has 3 heterocycles. The van der Waals surface area contributed by atoms with Crippen molar-refractivity contribution in [1.29, 1.82) is 0 Å². The molecule has 0 bridgehead atoms. The van der Waals surface area contributed by atoms with Crippen LogP contribution in [-0.2, 0) is 6.42 Å². The van der Waals surface area contributed by atoms with E-state index in [1.54, 1.807) is 11.8 Å². The zero-order valence-corrected chi connectivity index (χ0v) is 18.7. The van der Waals surface area contributed by atoms with Gasteiger partial charge in [-0.2, -0.15) is 4.68 Å². The Balaban J connectivity index is 1.58. The van der Waals surface area contributed by atoms with Crippen molar-refractivity contribution in [1.82, 2.24) is 30.4 Å². The smallest absolute Gasteiger partial charge is 0.319 e. The van der Waals surface area contributed by atoms with Gasteiger partial charge in [0.25, 0.3) is 0 Å². The number of rotatable bonds is 5. The lowest BCUT2D eigenvalue weighted by Crippen LogP contribution is -2.35. The fourth-order valence-electron chi connectivity index (χ4n) is 4.36. The number of methoxy groups -OCH3 is 1. The van der Waals surface area contributed by atoms with Crippen molar-refractivity contribution in [3.05, 3.63) is 47.3 Å². The molecule has 2 aliphatic heterocycles. The number of nitrogens with one attached hydrogen (secondary N) is 2. The van der Waals surface area contributed by atoms with Gasteiger partial charge in [-0.1, -0.05) is 6.07 Å². The van der Waals surface area contributed by atoms with Gasteiger partial charge in [-0.05, 0) is 60.6 Å². The van der Waals surface area contributed by atoms with Gasteiger partial charge >= 0.3 is 6.03 Å². The first-order chi connectivity index (χ1) is 16.1. The van der Waals surface area contributed by atoms with Gasteiger partial charge in [0.15, 0.2) is 17.3 Å². The maximum absolute atomic E-state index is 12.0. The second-order valence-corrected chi connectivity index (χ2v) is 7.83. The van der Waals surface area contributed by atoms with Crippen molar-refractivity contribution in [3.63, 3.8) is 0 Å². The van der Waals surface area contributed by atoms with E-state index >= 15 is 0 Å². The molecule has 5 rings (SSSR count). The number of anilines is 1. The zero-order chi connectivity index (χ0) is 22.9. The molecule has 2 aliphatic rings. The van der Waals surface area contributed by atoms with Crippen LogP contribution in [0.5, 0.6) is 17.2 Å². The summed E-state index contributed by atoms with van der Waals surface area (Å²) >= 11 is 0. The lowest BCUT2D eigenvalue weighted by molar-refractivity contribution is 0.170. The van der Waals surface area contributed by atoms with E-state index in [-0.39, 0.29) is 18.9 Å². The predicted octanol–water partition coefficient (Wildman–Crippen LogP) is 2.12. The van der Waals surface area contributed by atoms with E-state index in [4.69, 9.17) is 14.2 Å². The molecule has 11 heteroatoms. The molecule has 0 saturated heterocycles. The van der Waals surface area contributed by atoms with Crippen LogP contribution in [0.4, 0.5) is 10.5 Å². The highest BCUT2D eigenvalue weighted by Crippen LogP contribution is 2.50. The molecule has 0 unspecified atom stereocenters. The topological polar surface area (TPSA) is 116 Å². The molecule has 0 radical (unpaired) electrons. The number of likely N-dealkylation sites (N-methyl/N-ethyl adjacent to an activating group) is 1. The number of fused-ring (bicyclic) bond motifs is 2. The summed E-state index contributed by atoms with van der Waals surface area (Å²) in [6.07, 6.45) is 0.836. The third-order valence-electron chi connectivity index (χ3n) is 5.82. The predicted molar refractivity (Wildman–Crippen MR) is 119 cm³/mol. The summed E-state index contributed by atoms with van der Waals surface area (Å²) in [6.45, 7) is 3.38. The van der Waals surface area contributed by atoms with Crippen LogP contribution in [0, 0.1) is 0 Å². The molecule has 2 amide bonds. The Kier molecular flexibility index (Phi) is 5.47. The minimum Gasteiger partial charge on any atom is -0.492 e. The van der Waals surface area contributed by atoms with Crippen LogP contribution in [0.25, 0.3) is 5.69 Å². The van der Waals surface area contributed by atoms with E-state index in [9.17, 15) is 4.79 Å². The molecule has 0 aliphatic carbocycles. The first-order valence-electron chi connectivity index (χ1n) is 10.7. The number of tetrazole rings is 1. The first-order valence-corrected chi connectivity index (χ1v) is 10.7. The Morgan fingerprint density at radius 1 is 1.30 bits per heavy atom. The van der Waals surface area contributed by atoms with Gasteiger partial charge in [0.1, 0.15) is 6.04 Å². The molecule has 0 spiro atoms. The summed E-state index contributed by atoms with van der Waals surface area (Å²) in [4.78, 5) is 14.1. The van der Waals surface area contributed by atoms with Crippen molar-refractivity contribution < 1.29 is 19.0 Å². The molecule has 2 aromatic carbocycles. The monoisotopic (exact) mass is 451 g/mol. The molecule has 1 atom stereocenters. The number of urea groups is 1. The Morgan fingerprint density at radius 2 is 2.18 bits per heavy atom. The standard InChI is InChI=1S/C22H25N7O4/c1-4-23-22(30)24-14-6-5-7-15(11-14)29-21(25-26-27-29)18-17-13(8-9-28(18)2)10-16-19(20(17)31-3)33-12-32-16/h5-7,10-11,18H,4,8-9,12H2,1-3H3,(H2,23,24,30)/t18-/m1/s1. The normalized spacial score (nSPS) is 16.9. The third-order valence-corrected chi connectivity index (χ3v) is 5.82. The fraction of sp³-hybridized carbons (Fsp3) is 0.364. The lowest BCUT2D eigenvalue weighted by Gasteiger charge is -2.34. The second-order valence-electron chi connectivity index (χ2n) is 7.83. The first kappa shape index (κ1) is 21.0. The molecule has 0 fully saturated rings. The van der Waals surface area contributed by atoms with Crippen molar-refractivity contribution >= 4 is 11.7 Å². The molecule has 33 heavy (non-hydrogen) atoms. The van der Waals surface area contributed by atoms with E-state index in [0.717, 1.165) is 29.8 Å². The number of nitrogens with zero attached hydrogens (tertiary/aromatic N) is 5. The van der Waals surface area contributed by atoms with E-state index in [0.29, 0.717) is 35.3 Å².